The van der Waals surface area contributed by atoms with Crippen LogP contribution in [-0.2, 0) is 16.6 Å². The van der Waals surface area contributed by atoms with E-state index in [1.54, 1.807) is 0 Å². The molecule has 2 aliphatic rings. The van der Waals surface area contributed by atoms with Crippen LogP contribution in [0.3, 0.4) is 0 Å². The molecule has 0 spiro atoms. The Hall–Kier alpha value is -2.26. The molecular formula is C22H23ClN2O. The summed E-state index contributed by atoms with van der Waals surface area (Å²) < 4.78 is 0. The number of rotatable bonds is 3. The number of fused-ring (bicyclic) bond motifs is 3. The van der Waals surface area contributed by atoms with Crippen LogP contribution in [0.25, 0.3) is 6.08 Å². The van der Waals surface area contributed by atoms with Crippen molar-refractivity contribution in [3.63, 3.8) is 0 Å². The van der Waals surface area contributed by atoms with Crippen molar-refractivity contribution >= 4 is 29.3 Å². The maximum absolute atomic E-state index is 12.3. The zero-order valence-corrected chi connectivity index (χ0v) is 16.1. The number of carbonyl (C=O) groups is 1. The Bertz CT molecular complexity index is 901. The second-order valence-electron chi connectivity index (χ2n) is 7.62. The summed E-state index contributed by atoms with van der Waals surface area (Å²) in [5, 5.41) is 3.98. The first-order valence-corrected chi connectivity index (χ1v) is 9.42. The molecule has 1 N–H and O–H groups in total. The molecule has 0 saturated carbocycles. The van der Waals surface area contributed by atoms with E-state index in [-0.39, 0.29) is 11.3 Å². The number of amides is 1. The predicted molar refractivity (Wildman–Crippen MR) is 108 cm³/mol. The van der Waals surface area contributed by atoms with Crippen LogP contribution in [0.4, 0.5) is 5.69 Å². The lowest BCUT2D eigenvalue weighted by atomic mass is 9.75. The predicted octanol–water partition coefficient (Wildman–Crippen LogP) is 4.54. The smallest absolute Gasteiger partial charge is 0.241 e. The van der Waals surface area contributed by atoms with Gasteiger partial charge in [0.05, 0.1) is 6.54 Å². The number of nitrogens with zero attached hydrogens (tertiary/aromatic N) is 1. The van der Waals surface area contributed by atoms with Crippen LogP contribution < -0.4 is 10.2 Å². The first-order valence-electron chi connectivity index (χ1n) is 9.04. The Kier molecular flexibility index (Phi) is 3.89. The van der Waals surface area contributed by atoms with Gasteiger partial charge in [0.25, 0.3) is 0 Å². The first kappa shape index (κ1) is 17.2. The molecule has 0 aromatic heterocycles. The van der Waals surface area contributed by atoms with E-state index in [0.29, 0.717) is 6.54 Å². The van der Waals surface area contributed by atoms with E-state index >= 15 is 0 Å². The van der Waals surface area contributed by atoms with Crippen molar-refractivity contribution < 1.29 is 4.79 Å². The second-order valence-corrected chi connectivity index (χ2v) is 8.05. The number of hydrogen-bond donors (Lipinski definition) is 1. The van der Waals surface area contributed by atoms with Crippen molar-refractivity contribution in [1.29, 1.82) is 0 Å². The molecule has 4 rings (SSSR count). The van der Waals surface area contributed by atoms with Crippen LogP contribution in [0.2, 0.25) is 5.02 Å². The Morgan fingerprint density at radius 1 is 1.19 bits per heavy atom. The first-order chi connectivity index (χ1) is 12.4. The molecule has 1 saturated heterocycles. The number of anilines is 1. The van der Waals surface area contributed by atoms with Gasteiger partial charge in [-0.25, -0.2) is 0 Å². The fraction of sp³-hybridized carbons (Fsp3) is 0.318. The Balaban J connectivity index is 1.82. The third-order valence-electron chi connectivity index (χ3n) is 5.83. The lowest BCUT2D eigenvalue weighted by Gasteiger charge is -2.40. The van der Waals surface area contributed by atoms with Crippen LogP contribution in [-0.4, -0.2) is 18.1 Å². The molecule has 0 bridgehead atoms. The van der Waals surface area contributed by atoms with Gasteiger partial charge in [-0.1, -0.05) is 62.7 Å². The fourth-order valence-corrected chi connectivity index (χ4v) is 4.36. The Morgan fingerprint density at radius 2 is 1.92 bits per heavy atom. The largest absolute Gasteiger partial charge is 0.335 e. The normalized spacial score (nSPS) is 23.2. The number of hydrogen-bond acceptors (Lipinski definition) is 2. The Morgan fingerprint density at radius 3 is 2.62 bits per heavy atom. The molecule has 2 aromatic carbocycles. The number of aryl methyl sites for hydroxylation is 1. The number of benzene rings is 2. The van der Waals surface area contributed by atoms with Crippen LogP contribution >= 0.6 is 11.6 Å². The van der Waals surface area contributed by atoms with Crippen molar-refractivity contribution in [3.8, 4) is 0 Å². The highest BCUT2D eigenvalue weighted by molar-refractivity contribution is 6.30. The quantitative estimate of drug-likeness (QED) is 0.864. The highest BCUT2D eigenvalue weighted by Gasteiger charge is 2.59. The lowest BCUT2D eigenvalue weighted by Crippen LogP contribution is -2.58. The van der Waals surface area contributed by atoms with Crippen LogP contribution in [0.15, 0.2) is 48.5 Å². The van der Waals surface area contributed by atoms with Gasteiger partial charge in [-0.3, -0.25) is 4.79 Å². The standard InChI is InChI=1S/C22H23ClN2O/c1-4-15-7-10-19-18(13-15)21(2,3)22(24-20(26)14-25(19)22)12-11-16-5-8-17(23)9-6-16/h5-13H,4,14H2,1-3H3,(H,24,26)/b12-11+/t22-/m1/s1. The Labute approximate surface area is 159 Å². The summed E-state index contributed by atoms with van der Waals surface area (Å²) in [5.74, 6) is 0.0593. The van der Waals surface area contributed by atoms with E-state index in [1.165, 1.54) is 11.1 Å². The molecule has 2 heterocycles. The average molecular weight is 367 g/mol. The molecule has 0 aliphatic carbocycles. The third-order valence-corrected chi connectivity index (χ3v) is 6.08. The summed E-state index contributed by atoms with van der Waals surface area (Å²) >= 11 is 5.99. The molecule has 4 heteroatoms. The van der Waals surface area contributed by atoms with Crippen molar-refractivity contribution in [1.82, 2.24) is 5.32 Å². The van der Waals surface area contributed by atoms with Gasteiger partial charge in [-0.05, 0) is 47.4 Å². The van der Waals surface area contributed by atoms with E-state index in [2.05, 4.69) is 61.3 Å². The van der Waals surface area contributed by atoms with Gasteiger partial charge in [0.1, 0.15) is 5.66 Å². The molecular weight excluding hydrogens is 344 g/mol. The summed E-state index contributed by atoms with van der Waals surface area (Å²) in [6, 6.07) is 14.3. The van der Waals surface area contributed by atoms with Gasteiger partial charge in [0, 0.05) is 16.1 Å². The highest BCUT2D eigenvalue weighted by atomic mass is 35.5. The SMILES string of the molecule is CCc1ccc2c(c1)C(C)(C)[C@]1(/C=C/c3ccc(Cl)cc3)NC(=O)CN21. The summed E-state index contributed by atoms with van der Waals surface area (Å²) in [7, 11) is 0. The lowest BCUT2D eigenvalue weighted by molar-refractivity contribution is -0.118. The molecule has 0 radical (unpaired) electrons. The van der Waals surface area contributed by atoms with E-state index in [4.69, 9.17) is 11.6 Å². The van der Waals surface area contributed by atoms with Gasteiger partial charge < -0.3 is 10.2 Å². The molecule has 134 valence electrons. The summed E-state index contributed by atoms with van der Waals surface area (Å²) in [6.07, 6.45) is 5.21. The van der Waals surface area contributed by atoms with Gasteiger partial charge in [-0.2, -0.15) is 0 Å². The molecule has 2 aromatic rings. The van der Waals surface area contributed by atoms with Crippen molar-refractivity contribution in [2.75, 3.05) is 11.4 Å². The van der Waals surface area contributed by atoms with E-state index in [1.807, 2.05) is 24.3 Å². The van der Waals surface area contributed by atoms with Gasteiger partial charge in [0.2, 0.25) is 5.91 Å². The van der Waals surface area contributed by atoms with Crippen LogP contribution in [0.1, 0.15) is 37.5 Å². The molecule has 1 amide bonds. The van der Waals surface area contributed by atoms with Gasteiger partial charge in [0.15, 0.2) is 0 Å². The zero-order valence-electron chi connectivity index (χ0n) is 15.3. The van der Waals surface area contributed by atoms with Crippen molar-refractivity contribution in [2.24, 2.45) is 0 Å². The molecule has 2 aliphatic heterocycles. The molecule has 3 nitrogen and oxygen atoms in total. The minimum Gasteiger partial charge on any atom is -0.335 e. The van der Waals surface area contributed by atoms with Crippen molar-refractivity contribution in [3.05, 3.63) is 70.3 Å². The second kappa shape index (κ2) is 5.88. The minimum atomic E-state index is -0.557. The molecule has 0 unspecified atom stereocenters. The summed E-state index contributed by atoms with van der Waals surface area (Å²) in [5.41, 5.74) is 4.01. The number of carbonyl (C=O) groups excluding carboxylic acids is 1. The monoisotopic (exact) mass is 366 g/mol. The number of halogens is 1. The summed E-state index contributed by atoms with van der Waals surface area (Å²) in [4.78, 5) is 14.5. The van der Waals surface area contributed by atoms with Crippen LogP contribution in [0, 0.1) is 0 Å². The van der Waals surface area contributed by atoms with E-state index in [0.717, 1.165) is 22.7 Å². The van der Waals surface area contributed by atoms with E-state index < -0.39 is 5.66 Å². The van der Waals surface area contributed by atoms with Gasteiger partial charge in [-0.15, -0.1) is 0 Å². The third kappa shape index (κ3) is 2.38. The zero-order chi connectivity index (χ0) is 18.5. The van der Waals surface area contributed by atoms with Gasteiger partial charge >= 0.3 is 0 Å². The highest BCUT2D eigenvalue weighted by Crippen LogP contribution is 2.53. The average Bonchev–Trinajstić information content (AvgIpc) is 3.05. The summed E-state index contributed by atoms with van der Waals surface area (Å²) in [6.45, 7) is 6.97. The maximum Gasteiger partial charge on any atom is 0.241 e. The number of nitrogens with one attached hydrogen (secondary N) is 1. The molecule has 1 atom stereocenters. The van der Waals surface area contributed by atoms with Crippen molar-refractivity contribution in [2.45, 2.75) is 38.3 Å². The topological polar surface area (TPSA) is 32.3 Å². The van der Waals surface area contributed by atoms with E-state index in [9.17, 15) is 4.79 Å². The molecule has 26 heavy (non-hydrogen) atoms. The minimum absolute atomic E-state index is 0.0593. The fourth-order valence-electron chi connectivity index (χ4n) is 4.23. The van der Waals surface area contributed by atoms with Crippen LogP contribution in [0.5, 0.6) is 0 Å². The molecule has 1 fully saturated rings. The maximum atomic E-state index is 12.3.